The van der Waals surface area contributed by atoms with Crippen LogP contribution in [0.4, 0.5) is 10.2 Å². The Hall–Kier alpha value is -2.81. The van der Waals surface area contributed by atoms with Gasteiger partial charge in [0, 0.05) is 32.6 Å². The zero-order chi connectivity index (χ0) is 21.6. The quantitative estimate of drug-likeness (QED) is 0.329. The van der Waals surface area contributed by atoms with Crippen molar-refractivity contribution in [3.05, 3.63) is 63.0 Å². The zero-order valence-electron chi connectivity index (χ0n) is 15.3. The van der Waals surface area contributed by atoms with E-state index in [2.05, 4.69) is 4.98 Å². The number of furan rings is 1. The monoisotopic (exact) mass is 466 g/mol. The molecule has 3 aromatic heterocycles. The SMILES string of the molecule is C[C@@H](Oc1c(N)ncc2c(-c3cc(C(=O)O)cs3)coc12)c1c(Cl)ccc(F)c1Cl. The first kappa shape index (κ1) is 20.5. The van der Waals surface area contributed by atoms with Gasteiger partial charge >= 0.3 is 5.97 Å². The Morgan fingerprint density at radius 3 is 2.87 bits per heavy atom. The highest BCUT2D eigenvalue weighted by Gasteiger charge is 2.23. The highest BCUT2D eigenvalue weighted by molar-refractivity contribution is 7.14. The van der Waals surface area contributed by atoms with Gasteiger partial charge in [-0.3, -0.25) is 0 Å². The van der Waals surface area contributed by atoms with Crippen LogP contribution in [0.15, 0.2) is 40.5 Å². The lowest BCUT2D eigenvalue weighted by atomic mass is 10.1. The second-order valence-corrected chi connectivity index (χ2v) is 8.08. The minimum absolute atomic E-state index is 0.0660. The van der Waals surface area contributed by atoms with Crippen molar-refractivity contribution < 1.29 is 23.4 Å². The van der Waals surface area contributed by atoms with Crippen LogP contribution in [0.3, 0.4) is 0 Å². The van der Waals surface area contributed by atoms with E-state index in [1.165, 1.54) is 41.3 Å². The lowest BCUT2D eigenvalue weighted by molar-refractivity contribution is 0.0697. The maximum absolute atomic E-state index is 13.9. The van der Waals surface area contributed by atoms with Crippen molar-refractivity contribution in [1.82, 2.24) is 4.98 Å². The molecule has 4 aromatic rings. The van der Waals surface area contributed by atoms with Gasteiger partial charge in [-0.1, -0.05) is 23.2 Å². The van der Waals surface area contributed by atoms with E-state index in [9.17, 15) is 9.18 Å². The average Bonchev–Trinajstić information content (AvgIpc) is 3.34. The molecule has 3 N–H and O–H groups in total. The van der Waals surface area contributed by atoms with Gasteiger partial charge in [0.05, 0.1) is 16.0 Å². The van der Waals surface area contributed by atoms with Gasteiger partial charge in [0.2, 0.25) is 5.75 Å². The normalized spacial score (nSPS) is 12.3. The number of aromatic nitrogens is 1. The fraction of sp³-hybridized carbons (Fsp3) is 0.100. The van der Waals surface area contributed by atoms with Crippen molar-refractivity contribution >= 4 is 57.3 Å². The summed E-state index contributed by atoms with van der Waals surface area (Å²) in [7, 11) is 0. The first-order valence-electron chi connectivity index (χ1n) is 8.55. The van der Waals surface area contributed by atoms with E-state index >= 15 is 0 Å². The molecule has 0 aliphatic heterocycles. The van der Waals surface area contributed by atoms with Gasteiger partial charge in [-0.05, 0) is 25.1 Å². The van der Waals surface area contributed by atoms with E-state index in [4.69, 9.17) is 43.2 Å². The van der Waals surface area contributed by atoms with Gasteiger partial charge in [-0.25, -0.2) is 14.2 Å². The molecular formula is C20H13Cl2FN2O4S. The Labute approximate surface area is 183 Å². The number of ether oxygens (including phenoxy) is 1. The van der Waals surface area contributed by atoms with Gasteiger partial charge in [0.15, 0.2) is 11.4 Å². The second kappa shape index (κ2) is 7.79. The Morgan fingerprint density at radius 2 is 2.17 bits per heavy atom. The highest BCUT2D eigenvalue weighted by atomic mass is 35.5. The van der Waals surface area contributed by atoms with Crippen molar-refractivity contribution in [2.24, 2.45) is 0 Å². The van der Waals surface area contributed by atoms with E-state index in [-0.39, 0.29) is 32.7 Å². The Balaban J connectivity index is 1.77. The first-order valence-corrected chi connectivity index (χ1v) is 10.2. The molecule has 0 fully saturated rings. The third-order valence-corrected chi connectivity index (χ3v) is 6.17. The van der Waals surface area contributed by atoms with Crippen molar-refractivity contribution in [3.63, 3.8) is 0 Å². The van der Waals surface area contributed by atoms with E-state index in [1.807, 2.05) is 0 Å². The summed E-state index contributed by atoms with van der Waals surface area (Å²) in [5.41, 5.74) is 7.41. The van der Waals surface area contributed by atoms with Crippen LogP contribution >= 0.6 is 34.5 Å². The number of hydrogen-bond donors (Lipinski definition) is 2. The van der Waals surface area contributed by atoms with Gasteiger partial charge < -0.3 is 20.0 Å². The van der Waals surface area contributed by atoms with Gasteiger partial charge in [0.1, 0.15) is 18.2 Å². The summed E-state index contributed by atoms with van der Waals surface area (Å²) >= 11 is 13.5. The fourth-order valence-corrected chi connectivity index (χ4v) is 4.61. The molecule has 0 bridgehead atoms. The summed E-state index contributed by atoms with van der Waals surface area (Å²) in [6.07, 6.45) is 2.23. The summed E-state index contributed by atoms with van der Waals surface area (Å²) < 4.78 is 25.5. The van der Waals surface area contributed by atoms with Crippen molar-refractivity contribution in [3.8, 4) is 16.2 Å². The number of benzene rings is 1. The summed E-state index contributed by atoms with van der Waals surface area (Å²) in [6, 6.07) is 4.10. The minimum atomic E-state index is -1.02. The number of carboxylic acid groups (broad SMARTS) is 1. The number of carboxylic acids is 1. The molecule has 0 radical (unpaired) electrons. The van der Waals surface area contributed by atoms with E-state index < -0.39 is 17.9 Å². The number of rotatable bonds is 5. The van der Waals surface area contributed by atoms with Gasteiger partial charge in [0.25, 0.3) is 0 Å². The number of nitrogen functional groups attached to an aromatic ring is 1. The van der Waals surface area contributed by atoms with E-state index in [1.54, 1.807) is 13.0 Å². The molecule has 0 saturated heterocycles. The molecule has 0 amide bonds. The molecule has 3 heterocycles. The van der Waals surface area contributed by atoms with Crippen LogP contribution in [0, 0.1) is 5.82 Å². The molecule has 154 valence electrons. The third-order valence-electron chi connectivity index (χ3n) is 4.49. The van der Waals surface area contributed by atoms with Crippen LogP contribution in [-0.2, 0) is 0 Å². The Kier molecular flexibility index (Phi) is 5.31. The molecule has 0 spiro atoms. The Bertz CT molecular complexity index is 1290. The fourth-order valence-electron chi connectivity index (χ4n) is 3.03. The van der Waals surface area contributed by atoms with E-state index in [0.29, 0.717) is 21.4 Å². The lowest BCUT2D eigenvalue weighted by Gasteiger charge is -2.18. The van der Waals surface area contributed by atoms with Gasteiger partial charge in [-0.15, -0.1) is 11.3 Å². The second-order valence-electron chi connectivity index (χ2n) is 6.39. The van der Waals surface area contributed by atoms with Crippen LogP contribution in [0.1, 0.15) is 28.9 Å². The number of anilines is 1. The molecule has 1 atom stereocenters. The number of carbonyl (C=O) groups is 1. The number of pyridine rings is 1. The molecule has 0 aliphatic rings. The molecular weight excluding hydrogens is 454 g/mol. The molecule has 0 saturated carbocycles. The van der Waals surface area contributed by atoms with E-state index in [0.717, 1.165) is 0 Å². The Morgan fingerprint density at radius 1 is 1.40 bits per heavy atom. The number of nitrogens with two attached hydrogens (primary N) is 1. The van der Waals surface area contributed by atoms with Crippen LogP contribution < -0.4 is 10.5 Å². The number of thiophene rings is 1. The minimum Gasteiger partial charge on any atom is -0.478 e. The number of halogens is 3. The van der Waals surface area contributed by atoms with Crippen LogP contribution in [0.2, 0.25) is 10.0 Å². The summed E-state index contributed by atoms with van der Waals surface area (Å²) in [5, 5.41) is 11.4. The van der Waals surface area contributed by atoms with Gasteiger partial charge in [-0.2, -0.15) is 0 Å². The summed E-state index contributed by atoms with van der Waals surface area (Å²) in [6.45, 7) is 1.65. The predicted molar refractivity (Wildman–Crippen MR) is 114 cm³/mol. The maximum Gasteiger partial charge on any atom is 0.336 e. The topological polar surface area (TPSA) is 98.6 Å². The summed E-state index contributed by atoms with van der Waals surface area (Å²) in [5.74, 6) is -1.42. The lowest BCUT2D eigenvalue weighted by Crippen LogP contribution is -2.08. The predicted octanol–water partition coefficient (Wildman–Crippen LogP) is 6.42. The van der Waals surface area contributed by atoms with Crippen molar-refractivity contribution in [1.29, 1.82) is 0 Å². The number of fused-ring (bicyclic) bond motifs is 1. The smallest absolute Gasteiger partial charge is 0.336 e. The van der Waals surface area contributed by atoms with Crippen molar-refractivity contribution in [2.75, 3.05) is 5.73 Å². The molecule has 4 rings (SSSR count). The maximum atomic E-state index is 13.9. The number of aromatic carboxylic acids is 1. The largest absolute Gasteiger partial charge is 0.478 e. The van der Waals surface area contributed by atoms with Crippen molar-refractivity contribution in [2.45, 2.75) is 13.0 Å². The molecule has 30 heavy (non-hydrogen) atoms. The first-order chi connectivity index (χ1) is 14.3. The molecule has 6 nitrogen and oxygen atoms in total. The van der Waals surface area contributed by atoms with Crippen LogP contribution in [0.5, 0.6) is 5.75 Å². The van der Waals surface area contributed by atoms with Crippen LogP contribution in [0.25, 0.3) is 21.4 Å². The molecule has 0 aliphatic carbocycles. The average molecular weight is 467 g/mol. The molecule has 0 unspecified atom stereocenters. The standard InChI is InChI=1S/C20H13Cl2FN2O4S/c1-8(15-12(21)2-3-13(23)16(15)22)29-18-17-10(5-25-19(18)24)11(6-28-17)14-4-9(7-30-14)20(26)27/h2-8H,1H3,(H2,24,25)(H,26,27)/t8-/m1/s1. The molecule has 10 heteroatoms. The zero-order valence-corrected chi connectivity index (χ0v) is 17.6. The summed E-state index contributed by atoms with van der Waals surface area (Å²) in [4.78, 5) is 16.0. The number of hydrogen-bond acceptors (Lipinski definition) is 6. The van der Waals surface area contributed by atoms with Crippen LogP contribution in [-0.4, -0.2) is 16.1 Å². The third kappa shape index (κ3) is 3.47. The molecule has 1 aromatic carbocycles. The number of nitrogens with zero attached hydrogens (tertiary/aromatic N) is 1. The highest BCUT2D eigenvalue weighted by Crippen LogP contribution is 2.42.